The SMILES string of the molecule is COc1cc(C2=Nn3c(nnc3-c3ccccc3F)SC2)ccc1C. The van der Waals surface area contributed by atoms with Crippen LogP contribution in [0.3, 0.4) is 0 Å². The van der Waals surface area contributed by atoms with E-state index in [1.165, 1.54) is 17.8 Å². The third kappa shape index (κ3) is 2.80. The summed E-state index contributed by atoms with van der Waals surface area (Å²) in [7, 11) is 1.65. The molecule has 0 radical (unpaired) electrons. The maximum Gasteiger partial charge on any atom is 0.212 e. The van der Waals surface area contributed by atoms with Crippen LogP contribution in [0.15, 0.2) is 52.7 Å². The minimum Gasteiger partial charge on any atom is -0.496 e. The molecule has 1 aromatic heterocycles. The van der Waals surface area contributed by atoms with Crippen LogP contribution < -0.4 is 4.74 Å². The van der Waals surface area contributed by atoms with E-state index in [4.69, 9.17) is 4.74 Å². The van der Waals surface area contributed by atoms with Gasteiger partial charge < -0.3 is 4.74 Å². The molecule has 0 saturated heterocycles. The Morgan fingerprint density at radius 3 is 2.80 bits per heavy atom. The lowest BCUT2D eigenvalue weighted by Gasteiger charge is -2.15. The van der Waals surface area contributed by atoms with Gasteiger partial charge in [0.25, 0.3) is 0 Å². The molecular formula is C18H15FN4OS. The molecule has 0 aliphatic carbocycles. The molecule has 0 fully saturated rings. The van der Waals surface area contributed by atoms with E-state index in [-0.39, 0.29) is 5.82 Å². The van der Waals surface area contributed by atoms with Crippen LogP contribution in [0, 0.1) is 12.7 Å². The summed E-state index contributed by atoms with van der Waals surface area (Å²) in [6.07, 6.45) is 0. The molecule has 126 valence electrons. The second-order valence-electron chi connectivity index (χ2n) is 5.62. The Morgan fingerprint density at radius 2 is 2.00 bits per heavy atom. The van der Waals surface area contributed by atoms with E-state index in [0.717, 1.165) is 22.6 Å². The number of aryl methyl sites for hydroxylation is 1. The van der Waals surface area contributed by atoms with Crippen molar-refractivity contribution in [2.75, 3.05) is 12.9 Å². The Bertz CT molecular complexity index is 983. The Morgan fingerprint density at radius 1 is 1.16 bits per heavy atom. The zero-order valence-electron chi connectivity index (χ0n) is 13.7. The molecule has 1 aliphatic rings. The fraction of sp³-hybridized carbons (Fsp3) is 0.167. The summed E-state index contributed by atoms with van der Waals surface area (Å²) in [6.45, 7) is 1.99. The molecule has 0 atom stereocenters. The molecule has 3 aromatic rings. The minimum absolute atomic E-state index is 0.345. The Kier molecular flexibility index (Phi) is 4.01. The van der Waals surface area contributed by atoms with Gasteiger partial charge in [-0.3, -0.25) is 0 Å². The summed E-state index contributed by atoms with van der Waals surface area (Å²) in [5.41, 5.74) is 3.28. The van der Waals surface area contributed by atoms with Crippen molar-refractivity contribution in [1.82, 2.24) is 14.9 Å². The van der Waals surface area contributed by atoms with Crippen LogP contribution >= 0.6 is 11.8 Å². The lowest BCUT2D eigenvalue weighted by atomic mass is 10.1. The third-order valence-electron chi connectivity index (χ3n) is 4.03. The minimum atomic E-state index is -0.345. The normalized spacial score (nSPS) is 13.3. The van der Waals surface area contributed by atoms with E-state index in [1.54, 1.807) is 30.0 Å². The molecule has 2 aromatic carbocycles. The van der Waals surface area contributed by atoms with Crippen molar-refractivity contribution in [1.29, 1.82) is 0 Å². The van der Waals surface area contributed by atoms with Gasteiger partial charge in [-0.15, -0.1) is 10.2 Å². The summed E-state index contributed by atoms with van der Waals surface area (Å²) < 4.78 is 21.1. The third-order valence-corrected chi connectivity index (χ3v) is 4.96. The van der Waals surface area contributed by atoms with Gasteiger partial charge >= 0.3 is 0 Å². The van der Waals surface area contributed by atoms with E-state index in [9.17, 15) is 4.39 Å². The Balaban J connectivity index is 1.80. The summed E-state index contributed by atoms with van der Waals surface area (Å²) in [4.78, 5) is 0. The maximum atomic E-state index is 14.1. The number of halogens is 1. The average Bonchev–Trinajstić information content (AvgIpc) is 3.05. The van der Waals surface area contributed by atoms with Crippen LogP contribution in [0.5, 0.6) is 5.75 Å². The predicted octanol–water partition coefficient (Wildman–Crippen LogP) is 3.76. The highest BCUT2D eigenvalue weighted by molar-refractivity contribution is 7.99. The van der Waals surface area contributed by atoms with E-state index in [0.29, 0.717) is 22.3 Å². The zero-order chi connectivity index (χ0) is 17.4. The molecular weight excluding hydrogens is 339 g/mol. The number of ether oxygens (including phenoxy) is 1. The van der Waals surface area contributed by atoms with Crippen LogP contribution in [0.25, 0.3) is 11.4 Å². The van der Waals surface area contributed by atoms with Crippen molar-refractivity contribution in [2.24, 2.45) is 5.10 Å². The van der Waals surface area contributed by atoms with Crippen LogP contribution in [-0.2, 0) is 0 Å². The number of nitrogens with zero attached hydrogens (tertiary/aromatic N) is 4. The van der Waals surface area contributed by atoms with Gasteiger partial charge in [-0.25, -0.2) is 4.39 Å². The summed E-state index contributed by atoms with van der Waals surface area (Å²) in [5, 5.41) is 13.6. The van der Waals surface area contributed by atoms with Gasteiger partial charge in [0.05, 0.1) is 18.4 Å². The van der Waals surface area contributed by atoms with Crippen LogP contribution in [0.4, 0.5) is 4.39 Å². The average molecular weight is 354 g/mol. The molecule has 1 aliphatic heterocycles. The molecule has 0 bridgehead atoms. The molecule has 25 heavy (non-hydrogen) atoms. The van der Waals surface area contributed by atoms with Gasteiger partial charge in [0.15, 0.2) is 5.82 Å². The number of hydrogen-bond donors (Lipinski definition) is 0. The highest BCUT2D eigenvalue weighted by Crippen LogP contribution is 2.30. The van der Waals surface area contributed by atoms with Crippen molar-refractivity contribution >= 4 is 17.5 Å². The lowest BCUT2D eigenvalue weighted by Crippen LogP contribution is -2.14. The van der Waals surface area contributed by atoms with Crippen LogP contribution in [0.2, 0.25) is 0 Å². The number of thioether (sulfide) groups is 1. The first-order valence-electron chi connectivity index (χ1n) is 7.73. The van der Waals surface area contributed by atoms with Gasteiger partial charge in [-0.2, -0.15) is 9.78 Å². The topological polar surface area (TPSA) is 52.3 Å². The summed E-state index contributed by atoms with van der Waals surface area (Å²) >= 11 is 1.53. The van der Waals surface area contributed by atoms with Gasteiger partial charge in [-0.05, 0) is 30.7 Å². The number of benzene rings is 2. The Hall–Kier alpha value is -2.67. The Labute approximate surface area is 148 Å². The van der Waals surface area contributed by atoms with Crippen LogP contribution in [0.1, 0.15) is 11.1 Å². The number of aromatic nitrogens is 3. The van der Waals surface area contributed by atoms with Crippen LogP contribution in [-0.4, -0.2) is 33.4 Å². The van der Waals surface area contributed by atoms with E-state index < -0.39 is 0 Å². The highest BCUT2D eigenvalue weighted by atomic mass is 32.2. The van der Waals surface area contributed by atoms with Crippen molar-refractivity contribution in [3.05, 3.63) is 59.4 Å². The predicted molar refractivity (Wildman–Crippen MR) is 95.8 cm³/mol. The van der Waals surface area contributed by atoms with E-state index in [2.05, 4.69) is 15.3 Å². The van der Waals surface area contributed by atoms with Gasteiger partial charge in [0, 0.05) is 11.3 Å². The molecule has 0 saturated carbocycles. The number of fused-ring (bicyclic) bond motifs is 1. The molecule has 4 rings (SSSR count). The smallest absolute Gasteiger partial charge is 0.212 e. The first-order valence-corrected chi connectivity index (χ1v) is 8.72. The molecule has 0 amide bonds. The first-order chi connectivity index (χ1) is 12.2. The second kappa shape index (κ2) is 6.33. The molecule has 5 nitrogen and oxygen atoms in total. The largest absolute Gasteiger partial charge is 0.496 e. The lowest BCUT2D eigenvalue weighted by molar-refractivity contribution is 0.411. The summed E-state index contributed by atoms with van der Waals surface area (Å²) in [6, 6.07) is 12.5. The molecule has 0 N–H and O–H groups in total. The quantitative estimate of drug-likeness (QED) is 0.719. The molecule has 0 spiro atoms. The number of methoxy groups -OCH3 is 1. The van der Waals surface area contributed by atoms with E-state index >= 15 is 0 Å². The molecule has 0 unspecified atom stereocenters. The van der Waals surface area contributed by atoms with Crippen molar-refractivity contribution in [2.45, 2.75) is 12.1 Å². The summed E-state index contributed by atoms with van der Waals surface area (Å²) in [5.74, 6) is 1.54. The maximum absolute atomic E-state index is 14.1. The zero-order valence-corrected chi connectivity index (χ0v) is 14.5. The van der Waals surface area contributed by atoms with Crippen molar-refractivity contribution < 1.29 is 9.13 Å². The first kappa shape index (κ1) is 15.8. The van der Waals surface area contributed by atoms with Gasteiger partial charge in [0.2, 0.25) is 5.16 Å². The van der Waals surface area contributed by atoms with Gasteiger partial charge in [-0.1, -0.05) is 36.0 Å². The monoisotopic (exact) mass is 354 g/mol. The van der Waals surface area contributed by atoms with Gasteiger partial charge in [0.1, 0.15) is 11.6 Å². The molecule has 7 heteroatoms. The molecule has 2 heterocycles. The highest BCUT2D eigenvalue weighted by Gasteiger charge is 2.22. The number of rotatable bonds is 3. The fourth-order valence-corrected chi connectivity index (χ4v) is 3.52. The van der Waals surface area contributed by atoms with E-state index in [1.807, 2.05) is 25.1 Å². The van der Waals surface area contributed by atoms with Crippen molar-refractivity contribution in [3.63, 3.8) is 0 Å². The second-order valence-corrected chi connectivity index (χ2v) is 6.56. The standard InChI is InChI=1S/C18H15FN4OS/c1-11-7-8-12(9-16(11)24-2)15-10-25-18-21-20-17(23(18)22-15)13-5-3-4-6-14(13)19/h3-9H,10H2,1-2H3. The fourth-order valence-electron chi connectivity index (χ4n) is 2.68. The van der Waals surface area contributed by atoms with Crippen molar-refractivity contribution in [3.8, 4) is 17.1 Å². The number of hydrogen-bond acceptors (Lipinski definition) is 5.